The Bertz CT molecular complexity index is 731. The number of hydrogen-bond donors (Lipinski definition) is 2. The number of hydrogen-bond acceptors (Lipinski definition) is 2. The molecule has 2 amide bonds. The highest BCUT2D eigenvalue weighted by molar-refractivity contribution is 5.99. The Balaban J connectivity index is 2.18. The van der Waals surface area contributed by atoms with Crippen LogP contribution in [0.5, 0.6) is 0 Å². The molecule has 124 valence electrons. The van der Waals surface area contributed by atoms with E-state index in [-0.39, 0.29) is 35.4 Å². The van der Waals surface area contributed by atoms with Crippen molar-refractivity contribution in [2.45, 2.75) is 33.2 Å². The molecular weight excluding hydrogens is 297 g/mol. The highest BCUT2D eigenvalue weighted by Crippen LogP contribution is 2.19. The van der Waals surface area contributed by atoms with Crippen LogP contribution in [0.1, 0.15) is 38.2 Å². The van der Waals surface area contributed by atoms with Crippen LogP contribution in [-0.2, 0) is 4.79 Å². The highest BCUT2D eigenvalue weighted by Gasteiger charge is 2.22. The van der Waals surface area contributed by atoms with Gasteiger partial charge in [0.2, 0.25) is 5.91 Å². The molecule has 23 heavy (non-hydrogen) atoms. The van der Waals surface area contributed by atoms with Gasteiger partial charge in [0, 0.05) is 23.0 Å². The van der Waals surface area contributed by atoms with E-state index in [1.165, 1.54) is 17.0 Å². The fourth-order valence-corrected chi connectivity index (χ4v) is 2.36. The van der Waals surface area contributed by atoms with Gasteiger partial charge in [-0.15, -0.1) is 0 Å². The second-order valence-electron chi connectivity index (χ2n) is 6.50. The molecule has 0 radical (unpaired) electrons. The first-order valence-electron chi connectivity index (χ1n) is 7.59. The number of carbonyl (C=O) groups excluding carboxylic acids is 2. The van der Waals surface area contributed by atoms with Crippen molar-refractivity contribution in [3.63, 3.8) is 0 Å². The molecular formula is C17H22FN3O2. The minimum absolute atomic E-state index is 0.0373. The molecule has 0 aliphatic carbocycles. The maximum Gasteiger partial charge on any atom is 0.270 e. The van der Waals surface area contributed by atoms with Crippen LogP contribution < -0.4 is 5.32 Å². The standard InChI is InChI=1S/C17H22FN3O2/c1-5-21(10-15(22)20-17(2,3)4)16(23)14-9-11-12(18)7-6-8-13(11)19-14/h6-9,19H,5,10H2,1-4H3,(H,20,22). The number of nitrogens with one attached hydrogen (secondary N) is 2. The Morgan fingerprint density at radius 1 is 1.30 bits per heavy atom. The zero-order chi connectivity index (χ0) is 17.2. The van der Waals surface area contributed by atoms with E-state index in [0.717, 1.165) is 0 Å². The van der Waals surface area contributed by atoms with Crippen molar-refractivity contribution in [1.82, 2.24) is 15.2 Å². The van der Waals surface area contributed by atoms with E-state index < -0.39 is 0 Å². The molecule has 0 saturated carbocycles. The van der Waals surface area contributed by atoms with Gasteiger partial charge < -0.3 is 15.2 Å². The molecule has 0 aliphatic rings. The molecule has 5 nitrogen and oxygen atoms in total. The summed E-state index contributed by atoms with van der Waals surface area (Å²) in [5.41, 5.74) is 0.475. The number of amides is 2. The fourth-order valence-electron chi connectivity index (χ4n) is 2.36. The number of H-pyrrole nitrogens is 1. The van der Waals surface area contributed by atoms with E-state index in [9.17, 15) is 14.0 Å². The Kier molecular flexibility index (Phi) is 4.73. The monoisotopic (exact) mass is 319 g/mol. The third-order valence-electron chi connectivity index (χ3n) is 3.36. The number of aromatic nitrogens is 1. The molecule has 6 heteroatoms. The van der Waals surface area contributed by atoms with Gasteiger partial charge in [-0.1, -0.05) is 6.07 Å². The number of carbonyl (C=O) groups is 2. The molecule has 0 aliphatic heterocycles. The van der Waals surface area contributed by atoms with E-state index in [4.69, 9.17) is 0 Å². The molecule has 2 rings (SSSR count). The van der Waals surface area contributed by atoms with Crippen molar-refractivity contribution in [2.75, 3.05) is 13.1 Å². The summed E-state index contributed by atoms with van der Waals surface area (Å²) < 4.78 is 13.7. The van der Waals surface area contributed by atoms with Gasteiger partial charge >= 0.3 is 0 Å². The number of aromatic amines is 1. The normalized spacial score (nSPS) is 11.5. The van der Waals surface area contributed by atoms with Gasteiger partial charge in [0.25, 0.3) is 5.91 Å². The van der Waals surface area contributed by atoms with Gasteiger partial charge in [-0.25, -0.2) is 4.39 Å². The third kappa shape index (κ3) is 4.09. The summed E-state index contributed by atoms with van der Waals surface area (Å²) in [6.45, 7) is 7.78. The lowest BCUT2D eigenvalue weighted by molar-refractivity contribution is -0.123. The molecule has 2 aromatic rings. The molecule has 0 atom stereocenters. The number of nitrogens with zero attached hydrogens (tertiary/aromatic N) is 1. The molecule has 1 aromatic heterocycles. The summed E-state index contributed by atoms with van der Waals surface area (Å²) >= 11 is 0. The van der Waals surface area contributed by atoms with Crippen molar-refractivity contribution in [2.24, 2.45) is 0 Å². The quantitative estimate of drug-likeness (QED) is 0.910. The minimum atomic E-state index is -0.383. The van der Waals surface area contributed by atoms with Crippen molar-refractivity contribution >= 4 is 22.7 Å². The maximum atomic E-state index is 13.7. The number of fused-ring (bicyclic) bond motifs is 1. The molecule has 0 unspecified atom stereocenters. The van der Waals surface area contributed by atoms with Crippen LogP contribution in [0.15, 0.2) is 24.3 Å². The van der Waals surface area contributed by atoms with E-state index in [0.29, 0.717) is 17.4 Å². The van der Waals surface area contributed by atoms with E-state index in [1.54, 1.807) is 19.1 Å². The summed E-state index contributed by atoms with van der Waals surface area (Å²) in [5, 5.41) is 3.19. The average molecular weight is 319 g/mol. The van der Waals surface area contributed by atoms with Gasteiger partial charge in [0.1, 0.15) is 11.5 Å². The third-order valence-corrected chi connectivity index (χ3v) is 3.36. The minimum Gasteiger partial charge on any atom is -0.350 e. The smallest absolute Gasteiger partial charge is 0.270 e. The van der Waals surface area contributed by atoms with Crippen LogP contribution in [0.25, 0.3) is 10.9 Å². The van der Waals surface area contributed by atoms with Crippen LogP contribution in [0.3, 0.4) is 0 Å². The highest BCUT2D eigenvalue weighted by atomic mass is 19.1. The van der Waals surface area contributed by atoms with Crippen molar-refractivity contribution in [1.29, 1.82) is 0 Å². The van der Waals surface area contributed by atoms with Crippen LogP contribution in [0.2, 0.25) is 0 Å². The number of halogens is 1. The molecule has 0 fully saturated rings. The number of rotatable bonds is 4. The first kappa shape index (κ1) is 17.0. The summed E-state index contributed by atoms with van der Waals surface area (Å²) in [4.78, 5) is 28.9. The van der Waals surface area contributed by atoms with Gasteiger partial charge in [0.15, 0.2) is 0 Å². The second kappa shape index (κ2) is 6.40. The summed E-state index contributed by atoms with van der Waals surface area (Å²) in [7, 11) is 0. The topological polar surface area (TPSA) is 65.2 Å². The molecule has 1 aromatic carbocycles. The van der Waals surface area contributed by atoms with E-state index in [2.05, 4.69) is 10.3 Å². The Labute approximate surface area is 134 Å². The zero-order valence-corrected chi connectivity index (χ0v) is 13.9. The van der Waals surface area contributed by atoms with Crippen molar-refractivity contribution in [3.8, 4) is 0 Å². The Morgan fingerprint density at radius 3 is 2.57 bits per heavy atom. The SMILES string of the molecule is CCN(CC(=O)NC(C)(C)C)C(=O)c1cc2c(F)cccc2[nH]1. The van der Waals surface area contributed by atoms with Gasteiger partial charge in [-0.3, -0.25) is 9.59 Å². The largest absolute Gasteiger partial charge is 0.350 e. The summed E-state index contributed by atoms with van der Waals surface area (Å²) in [6.07, 6.45) is 0. The van der Waals surface area contributed by atoms with Gasteiger partial charge in [-0.2, -0.15) is 0 Å². The second-order valence-corrected chi connectivity index (χ2v) is 6.50. The molecule has 0 spiro atoms. The van der Waals surface area contributed by atoms with Gasteiger partial charge in [-0.05, 0) is 45.9 Å². The maximum absolute atomic E-state index is 13.7. The van der Waals surface area contributed by atoms with E-state index in [1.807, 2.05) is 20.8 Å². The predicted molar refractivity (Wildman–Crippen MR) is 87.7 cm³/mol. The van der Waals surface area contributed by atoms with Crippen molar-refractivity contribution < 1.29 is 14.0 Å². The molecule has 0 saturated heterocycles. The van der Waals surface area contributed by atoms with E-state index >= 15 is 0 Å². The lowest BCUT2D eigenvalue weighted by Crippen LogP contribution is -2.47. The summed E-state index contributed by atoms with van der Waals surface area (Å²) in [5.74, 6) is -0.937. The Morgan fingerprint density at radius 2 is 2.00 bits per heavy atom. The molecule has 1 heterocycles. The van der Waals surface area contributed by atoms with Gasteiger partial charge in [0.05, 0.1) is 6.54 Å². The zero-order valence-electron chi connectivity index (χ0n) is 13.9. The van der Waals surface area contributed by atoms with Crippen LogP contribution in [-0.4, -0.2) is 40.3 Å². The lowest BCUT2D eigenvalue weighted by atomic mass is 10.1. The number of likely N-dealkylation sites (N-methyl/N-ethyl adjacent to an activating group) is 1. The first-order chi connectivity index (χ1) is 10.7. The van der Waals surface area contributed by atoms with Crippen molar-refractivity contribution in [3.05, 3.63) is 35.8 Å². The average Bonchev–Trinajstić information content (AvgIpc) is 2.87. The van der Waals surface area contributed by atoms with Crippen LogP contribution >= 0.6 is 0 Å². The summed E-state index contributed by atoms with van der Waals surface area (Å²) in [6, 6.07) is 6.12. The first-order valence-corrected chi connectivity index (χ1v) is 7.59. The van der Waals surface area contributed by atoms with Crippen LogP contribution in [0.4, 0.5) is 4.39 Å². The lowest BCUT2D eigenvalue weighted by Gasteiger charge is -2.24. The molecule has 0 bridgehead atoms. The number of benzene rings is 1. The fraction of sp³-hybridized carbons (Fsp3) is 0.412. The Hall–Kier alpha value is -2.37. The molecule has 2 N–H and O–H groups in total. The van der Waals surface area contributed by atoms with Crippen LogP contribution in [0, 0.1) is 5.82 Å². The predicted octanol–water partition coefficient (Wildman–Crippen LogP) is 2.68.